The Morgan fingerprint density at radius 3 is 2.53 bits per heavy atom. The maximum atomic E-state index is 12.2. The van der Waals surface area contributed by atoms with Crippen molar-refractivity contribution in [3.05, 3.63) is 28.8 Å². The molecule has 0 atom stereocenters. The molecule has 4 nitrogen and oxygen atoms in total. The SMILES string of the molecule is CCN(CCO)S(=O)(=O)c1ccc(C)c(Cl)c1. The van der Waals surface area contributed by atoms with Gasteiger partial charge < -0.3 is 5.11 Å². The number of sulfonamides is 1. The van der Waals surface area contributed by atoms with E-state index < -0.39 is 10.0 Å². The van der Waals surface area contributed by atoms with Gasteiger partial charge in [0.15, 0.2) is 0 Å². The van der Waals surface area contributed by atoms with Crippen molar-refractivity contribution in [2.24, 2.45) is 0 Å². The Kier molecular flexibility index (Phi) is 4.94. The van der Waals surface area contributed by atoms with Gasteiger partial charge in [0.05, 0.1) is 11.5 Å². The zero-order valence-corrected chi connectivity index (χ0v) is 11.4. The van der Waals surface area contributed by atoms with E-state index in [0.717, 1.165) is 5.56 Å². The monoisotopic (exact) mass is 277 g/mol. The molecule has 1 rings (SSSR count). The third kappa shape index (κ3) is 3.19. The average Bonchev–Trinajstić information content (AvgIpc) is 2.29. The third-order valence-corrected chi connectivity index (χ3v) is 4.86. The Hall–Kier alpha value is -0.620. The third-order valence-electron chi connectivity index (χ3n) is 2.48. The Bertz CT molecular complexity index is 487. The summed E-state index contributed by atoms with van der Waals surface area (Å²) in [6, 6.07) is 4.63. The number of hydrogen-bond donors (Lipinski definition) is 1. The smallest absolute Gasteiger partial charge is 0.243 e. The van der Waals surface area contributed by atoms with Gasteiger partial charge in [-0.15, -0.1) is 0 Å². The lowest BCUT2D eigenvalue weighted by atomic mass is 10.2. The molecule has 0 aliphatic heterocycles. The number of aryl methyl sites for hydroxylation is 1. The molecule has 1 aromatic rings. The zero-order chi connectivity index (χ0) is 13.1. The van der Waals surface area contributed by atoms with Crippen LogP contribution >= 0.6 is 11.6 Å². The first-order chi connectivity index (χ1) is 7.93. The fourth-order valence-corrected chi connectivity index (χ4v) is 3.15. The standard InChI is InChI=1S/C11H16ClNO3S/c1-3-13(6-7-14)17(15,16)10-5-4-9(2)11(12)8-10/h4-5,8,14H,3,6-7H2,1-2H3. The minimum atomic E-state index is -3.56. The van der Waals surface area contributed by atoms with Crippen LogP contribution in [0.2, 0.25) is 5.02 Å². The number of hydrogen-bond acceptors (Lipinski definition) is 3. The van der Waals surface area contributed by atoms with Gasteiger partial charge in [0, 0.05) is 18.1 Å². The summed E-state index contributed by atoms with van der Waals surface area (Å²) in [5.41, 5.74) is 0.829. The lowest BCUT2D eigenvalue weighted by Gasteiger charge is -2.19. The quantitative estimate of drug-likeness (QED) is 0.890. The van der Waals surface area contributed by atoms with Crippen molar-refractivity contribution in [1.29, 1.82) is 0 Å². The van der Waals surface area contributed by atoms with Gasteiger partial charge >= 0.3 is 0 Å². The number of aliphatic hydroxyl groups is 1. The highest BCUT2D eigenvalue weighted by molar-refractivity contribution is 7.89. The number of benzene rings is 1. The molecule has 0 saturated carbocycles. The second-order valence-corrected chi connectivity index (χ2v) is 5.98. The summed E-state index contributed by atoms with van der Waals surface area (Å²) >= 11 is 5.91. The molecule has 6 heteroatoms. The predicted octanol–water partition coefficient (Wildman–Crippen LogP) is 1.65. The topological polar surface area (TPSA) is 57.6 Å². The van der Waals surface area contributed by atoms with E-state index in [2.05, 4.69) is 0 Å². The fraction of sp³-hybridized carbons (Fsp3) is 0.455. The molecule has 0 spiro atoms. The van der Waals surface area contributed by atoms with E-state index in [0.29, 0.717) is 11.6 Å². The molecule has 96 valence electrons. The molecule has 0 aliphatic carbocycles. The van der Waals surface area contributed by atoms with Gasteiger partial charge in [-0.2, -0.15) is 4.31 Å². The molecule has 0 unspecified atom stereocenters. The molecule has 0 aromatic heterocycles. The van der Waals surface area contributed by atoms with Gasteiger partial charge in [-0.3, -0.25) is 0 Å². The van der Waals surface area contributed by atoms with E-state index in [1.165, 1.54) is 16.4 Å². The second kappa shape index (κ2) is 5.82. The van der Waals surface area contributed by atoms with Crippen LogP contribution < -0.4 is 0 Å². The molecule has 0 radical (unpaired) electrons. The van der Waals surface area contributed by atoms with Gasteiger partial charge in [-0.05, 0) is 24.6 Å². The lowest BCUT2D eigenvalue weighted by Crippen LogP contribution is -2.33. The van der Waals surface area contributed by atoms with Crippen molar-refractivity contribution < 1.29 is 13.5 Å². The molecule has 0 heterocycles. The van der Waals surface area contributed by atoms with E-state index in [1.807, 2.05) is 6.92 Å². The van der Waals surface area contributed by atoms with Gasteiger partial charge in [0.2, 0.25) is 10.0 Å². The first-order valence-electron chi connectivity index (χ1n) is 5.30. The van der Waals surface area contributed by atoms with Crippen LogP contribution in [-0.2, 0) is 10.0 Å². The van der Waals surface area contributed by atoms with Crippen LogP contribution in [0.5, 0.6) is 0 Å². The Morgan fingerprint density at radius 1 is 1.41 bits per heavy atom. The molecule has 1 N–H and O–H groups in total. The minimum absolute atomic E-state index is 0.0876. The molecule has 0 amide bonds. The van der Waals surface area contributed by atoms with Crippen molar-refractivity contribution in [3.8, 4) is 0 Å². The van der Waals surface area contributed by atoms with Crippen LogP contribution in [0.1, 0.15) is 12.5 Å². The summed E-state index contributed by atoms with van der Waals surface area (Å²) in [4.78, 5) is 0.156. The first-order valence-corrected chi connectivity index (χ1v) is 7.12. The normalized spacial score (nSPS) is 12.1. The molecule has 0 bridgehead atoms. The lowest BCUT2D eigenvalue weighted by molar-refractivity contribution is 0.257. The summed E-state index contributed by atoms with van der Waals surface area (Å²) in [5, 5.41) is 9.27. The highest BCUT2D eigenvalue weighted by Gasteiger charge is 2.22. The molecule has 0 fully saturated rings. The second-order valence-electron chi connectivity index (χ2n) is 3.63. The van der Waals surface area contributed by atoms with E-state index in [-0.39, 0.29) is 18.0 Å². The van der Waals surface area contributed by atoms with Crippen LogP contribution in [0, 0.1) is 6.92 Å². The fourth-order valence-electron chi connectivity index (χ4n) is 1.44. The number of halogens is 1. The number of nitrogens with zero attached hydrogens (tertiary/aromatic N) is 1. The van der Waals surface area contributed by atoms with Crippen molar-refractivity contribution in [2.45, 2.75) is 18.7 Å². The van der Waals surface area contributed by atoms with Crippen molar-refractivity contribution in [1.82, 2.24) is 4.31 Å². The summed E-state index contributed by atoms with van der Waals surface area (Å²) in [5.74, 6) is 0. The van der Waals surface area contributed by atoms with Crippen molar-refractivity contribution in [2.75, 3.05) is 19.7 Å². The Balaban J connectivity index is 3.15. The molecular weight excluding hydrogens is 262 g/mol. The van der Waals surface area contributed by atoms with Crippen LogP contribution in [0.15, 0.2) is 23.1 Å². The minimum Gasteiger partial charge on any atom is -0.395 e. The highest BCUT2D eigenvalue weighted by Crippen LogP contribution is 2.22. The summed E-state index contributed by atoms with van der Waals surface area (Å²) in [6.45, 7) is 3.73. The van der Waals surface area contributed by atoms with Crippen LogP contribution in [-0.4, -0.2) is 37.5 Å². The van der Waals surface area contributed by atoms with Crippen LogP contribution in [0.4, 0.5) is 0 Å². The Morgan fingerprint density at radius 2 is 2.06 bits per heavy atom. The number of aliphatic hydroxyl groups excluding tert-OH is 1. The first kappa shape index (κ1) is 14.4. The van der Waals surface area contributed by atoms with E-state index in [9.17, 15) is 8.42 Å². The van der Waals surface area contributed by atoms with Gasteiger partial charge in [0.25, 0.3) is 0 Å². The van der Waals surface area contributed by atoms with Gasteiger partial charge in [-0.25, -0.2) is 8.42 Å². The zero-order valence-electron chi connectivity index (χ0n) is 9.85. The number of rotatable bonds is 5. The summed E-state index contributed by atoms with van der Waals surface area (Å²) in [7, 11) is -3.56. The van der Waals surface area contributed by atoms with Gasteiger partial charge in [-0.1, -0.05) is 24.6 Å². The molecule has 0 saturated heterocycles. The van der Waals surface area contributed by atoms with E-state index in [1.54, 1.807) is 13.0 Å². The summed E-state index contributed by atoms with van der Waals surface area (Å²) in [6.07, 6.45) is 0. The van der Waals surface area contributed by atoms with Crippen LogP contribution in [0.25, 0.3) is 0 Å². The molecular formula is C11H16ClNO3S. The van der Waals surface area contributed by atoms with E-state index in [4.69, 9.17) is 16.7 Å². The van der Waals surface area contributed by atoms with Crippen LogP contribution in [0.3, 0.4) is 0 Å². The maximum Gasteiger partial charge on any atom is 0.243 e. The Labute approximate surface area is 107 Å². The van der Waals surface area contributed by atoms with E-state index >= 15 is 0 Å². The molecule has 17 heavy (non-hydrogen) atoms. The van der Waals surface area contributed by atoms with Gasteiger partial charge in [0.1, 0.15) is 0 Å². The largest absolute Gasteiger partial charge is 0.395 e. The highest BCUT2D eigenvalue weighted by atomic mass is 35.5. The molecule has 0 aliphatic rings. The van der Waals surface area contributed by atoms with Crippen molar-refractivity contribution >= 4 is 21.6 Å². The summed E-state index contributed by atoms with van der Waals surface area (Å²) < 4.78 is 25.6. The van der Waals surface area contributed by atoms with Crippen molar-refractivity contribution in [3.63, 3.8) is 0 Å². The average molecular weight is 278 g/mol. The molecule has 1 aromatic carbocycles. The predicted molar refractivity (Wildman–Crippen MR) is 67.7 cm³/mol. The maximum absolute atomic E-state index is 12.2. The number of likely N-dealkylation sites (N-methyl/N-ethyl adjacent to an activating group) is 1.